The number of amidine groups is 1. The van der Waals surface area contributed by atoms with Crippen LogP contribution in [0.5, 0.6) is 5.88 Å². The van der Waals surface area contributed by atoms with Gasteiger partial charge < -0.3 is 15.6 Å². The van der Waals surface area contributed by atoms with Crippen LogP contribution in [0.25, 0.3) is 0 Å². The monoisotopic (exact) mass is 209 g/mol. The molecule has 0 aromatic carbocycles. The number of aryl methyl sites for hydroxylation is 1. The summed E-state index contributed by atoms with van der Waals surface area (Å²) in [6.07, 6.45) is 2.14. The fourth-order valence-corrected chi connectivity index (χ4v) is 1.20. The summed E-state index contributed by atoms with van der Waals surface area (Å²) in [5.74, 6) is 0.301. The second-order valence-electron chi connectivity index (χ2n) is 3.15. The average Bonchev–Trinajstić information content (AvgIpc) is 2.17. The van der Waals surface area contributed by atoms with E-state index in [4.69, 9.17) is 21.0 Å². The number of hydrogen-bond acceptors (Lipinski definition) is 4. The van der Waals surface area contributed by atoms with Crippen molar-refractivity contribution in [2.24, 2.45) is 5.73 Å². The molecule has 0 fully saturated rings. The van der Waals surface area contributed by atoms with Crippen LogP contribution < -0.4 is 10.5 Å². The van der Waals surface area contributed by atoms with Crippen molar-refractivity contribution in [2.75, 3.05) is 13.2 Å². The zero-order chi connectivity index (χ0) is 11.3. The van der Waals surface area contributed by atoms with Gasteiger partial charge in [0.25, 0.3) is 0 Å². The van der Waals surface area contributed by atoms with Gasteiger partial charge in [0.2, 0.25) is 5.88 Å². The molecule has 0 amide bonds. The first-order chi connectivity index (χ1) is 7.16. The van der Waals surface area contributed by atoms with E-state index in [1.54, 1.807) is 12.3 Å². The number of rotatable bonds is 5. The zero-order valence-corrected chi connectivity index (χ0v) is 8.66. The van der Waals surface area contributed by atoms with Gasteiger partial charge >= 0.3 is 0 Å². The van der Waals surface area contributed by atoms with Crippen LogP contribution in [0.1, 0.15) is 17.5 Å². The Hall–Kier alpha value is -1.62. The summed E-state index contributed by atoms with van der Waals surface area (Å²) in [4.78, 5) is 4.01. The maximum Gasteiger partial charge on any atom is 0.224 e. The predicted octanol–water partition coefficient (Wildman–Crippen LogP) is 0.435. The van der Waals surface area contributed by atoms with Crippen LogP contribution in [0.3, 0.4) is 0 Å². The molecule has 0 aliphatic carbocycles. The molecule has 4 N–H and O–H groups in total. The standard InChI is InChI=1S/C10H15N3O2/c1-7-3-4-13-10(8(7)9(11)12)15-6-2-5-14/h3-4,14H,2,5-6H2,1H3,(H3,11,12). The summed E-state index contributed by atoms with van der Waals surface area (Å²) in [7, 11) is 0. The Morgan fingerprint density at radius 3 is 3.00 bits per heavy atom. The molecule has 0 saturated heterocycles. The van der Waals surface area contributed by atoms with E-state index in [1.165, 1.54) is 0 Å². The third-order valence-corrected chi connectivity index (χ3v) is 1.94. The van der Waals surface area contributed by atoms with Crippen molar-refractivity contribution < 1.29 is 9.84 Å². The van der Waals surface area contributed by atoms with Crippen LogP contribution in [-0.2, 0) is 0 Å². The van der Waals surface area contributed by atoms with Gasteiger partial charge in [0.1, 0.15) is 5.84 Å². The number of pyridine rings is 1. The maximum absolute atomic E-state index is 8.61. The lowest BCUT2D eigenvalue weighted by molar-refractivity contribution is 0.229. The molecule has 82 valence electrons. The topological polar surface area (TPSA) is 92.2 Å². The van der Waals surface area contributed by atoms with E-state index in [2.05, 4.69) is 4.98 Å². The number of aliphatic hydroxyl groups excluding tert-OH is 1. The van der Waals surface area contributed by atoms with Crippen molar-refractivity contribution in [1.82, 2.24) is 4.98 Å². The van der Waals surface area contributed by atoms with Crippen molar-refractivity contribution in [3.05, 3.63) is 23.4 Å². The van der Waals surface area contributed by atoms with Gasteiger partial charge in [-0.2, -0.15) is 0 Å². The molecule has 1 aromatic rings. The van der Waals surface area contributed by atoms with Crippen molar-refractivity contribution in [3.63, 3.8) is 0 Å². The second kappa shape index (κ2) is 5.31. The molecule has 0 radical (unpaired) electrons. The summed E-state index contributed by atoms with van der Waals surface area (Å²) in [6.45, 7) is 2.28. The number of ether oxygens (including phenoxy) is 1. The van der Waals surface area contributed by atoms with Gasteiger partial charge in [-0.05, 0) is 18.6 Å². The molecule has 0 bridgehead atoms. The average molecular weight is 209 g/mol. The first-order valence-electron chi connectivity index (χ1n) is 4.70. The molecule has 15 heavy (non-hydrogen) atoms. The highest BCUT2D eigenvalue weighted by Gasteiger charge is 2.10. The number of nitrogens with one attached hydrogen (secondary N) is 1. The van der Waals surface area contributed by atoms with E-state index >= 15 is 0 Å². The largest absolute Gasteiger partial charge is 0.477 e. The molecular formula is C10H15N3O2. The van der Waals surface area contributed by atoms with Gasteiger partial charge in [-0.1, -0.05) is 0 Å². The summed E-state index contributed by atoms with van der Waals surface area (Å²) >= 11 is 0. The minimum Gasteiger partial charge on any atom is -0.477 e. The number of aliphatic hydroxyl groups is 1. The van der Waals surface area contributed by atoms with Crippen molar-refractivity contribution in [1.29, 1.82) is 5.41 Å². The maximum atomic E-state index is 8.61. The molecule has 0 atom stereocenters. The summed E-state index contributed by atoms with van der Waals surface area (Å²) < 4.78 is 5.33. The van der Waals surface area contributed by atoms with E-state index in [-0.39, 0.29) is 12.4 Å². The van der Waals surface area contributed by atoms with Gasteiger partial charge in [-0.25, -0.2) is 4.98 Å². The Kier molecular flexibility index (Phi) is 4.05. The molecule has 1 heterocycles. The number of nitrogens with zero attached hydrogens (tertiary/aromatic N) is 1. The molecule has 1 aromatic heterocycles. The van der Waals surface area contributed by atoms with Gasteiger partial charge in [0.15, 0.2) is 0 Å². The highest BCUT2D eigenvalue weighted by Crippen LogP contribution is 2.18. The summed E-state index contributed by atoms with van der Waals surface area (Å²) in [5, 5.41) is 16.0. The lowest BCUT2D eigenvalue weighted by atomic mass is 10.1. The SMILES string of the molecule is Cc1ccnc(OCCCO)c1C(=N)N. The number of nitrogens with two attached hydrogens (primary N) is 1. The molecule has 0 saturated carbocycles. The van der Waals surface area contributed by atoms with Crippen LogP contribution >= 0.6 is 0 Å². The fraction of sp³-hybridized carbons (Fsp3) is 0.400. The first-order valence-corrected chi connectivity index (χ1v) is 4.70. The molecule has 0 aliphatic heterocycles. The van der Waals surface area contributed by atoms with Crippen molar-refractivity contribution in [2.45, 2.75) is 13.3 Å². The Balaban J connectivity index is 2.86. The Bertz CT molecular complexity index is 353. The smallest absolute Gasteiger partial charge is 0.224 e. The Labute approximate surface area is 88.4 Å². The minimum atomic E-state index is -0.0559. The third kappa shape index (κ3) is 2.92. The number of hydrogen-bond donors (Lipinski definition) is 3. The van der Waals surface area contributed by atoms with Gasteiger partial charge in [-0.15, -0.1) is 0 Å². The molecule has 5 heteroatoms. The van der Waals surface area contributed by atoms with Gasteiger partial charge in [-0.3, -0.25) is 5.41 Å². The highest BCUT2D eigenvalue weighted by atomic mass is 16.5. The molecule has 0 unspecified atom stereocenters. The highest BCUT2D eigenvalue weighted by molar-refractivity contribution is 5.98. The van der Waals surface area contributed by atoms with E-state index in [0.717, 1.165) is 5.56 Å². The minimum absolute atomic E-state index is 0.0559. The lowest BCUT2D eigenvalue weighted by Crippen LogP contribution is -2.16. The quantitative estimate of drug-likeness (QED) is 0.372. The molecule has 0 spiro atoms. The Morgan fingerprint density at radius 1 is 1.67 bits per heavy atom. The van der Waals surface area contributed by atoms with Crippen LogP contribution in [0.4, 0.5) is 0 Å². The fourth-order valence-electron chi connectivity index (χ4n) is 1.20. The third-order valence-electron chi connectivity index (χ3n) is 1.94. The van der Waals surface area contributed by atoms with Gasteiger partial charge in [0.05, 0.1) is 12.2 Å². The molecule has 5 nitrogen and oxygen atoms in total. The van der Waals surface area contributed by atoms with E-state index in [9.17, 15) is 0 Å². The molecule has 1 rings (SSSR count). The van der Waals surface area contributed by atoms with E-state index in [1.807, 2.05) is 6.92 Å². The Morgan fingerprint density at radius 2 is 2.40 bits per heavy atom. The second-order valence-corrected chi connectivity index (χ2v) is 3.15. The van der Waals surface area contributed by atoms with E-state index in [0.29, 0.717) is 24.5 Å². The normalized spacial score (nSPS) is 10.0. The summed E-state index contributed by atoms with van der Waals surface area (Å²) in [5.41, 5.74) is 6.81. The zero-order valence-electron chi connectivity index (χ0n) is 8.66. The number of nitrogen functional groups attached to an aromatic ring is 1. The lowest BCUT2D eigenvalue weighted by Gasteiger charge is -2.10. The van der Waals surface area contributed by atoms with Gasteiger partial charge in [0, 0.05) is 19.2 Å². The van der Waals surface area contributed by atoms with Crippen LogP contribution in [0.15, 0.2) is 12.3 Å². The van der Waals surface area contributed by atoms with Crippen LogP contribution in [-0.4, -0.2) is 29.1 Å². The van der Waals surface area contributed by atoms with Crippen LogP contribution in [0.2, 0.25) is 0 Å². The van der Waals surface area contributed by atoms with Crippen molar-refractivity contribution in [3.8, 4) is 5.88 Å². The predicted molar refractivity (Wildman–Crippen MR) is 57.2 cm³/mol. The first kappa shape index (κ1) is 11.5. The number of aromatic nitrogens is 1. The van der Waals surface area contributed by atoms with Crippen molar-refractivity contribution >= 4 is 5.84 Å². The van der Waals surface area contributed by atoms with E-state index < -0.39 is 0 Å². The van der Waals surface area contributed by atoms with Crippen LogP contribution in [0, 0.1) is 12.3 Å². The molecular weight excluding hydrogens is 194 g/mol. The molecule has 0 aliphatic rings. The summed E-state index contributed by atoms with van der Waals surface area (Å²) in [6, 6.07) is 1.77.